The van der Waals surface area contributed by atoms with E-state index in [4.69, 9.17) is 10.9 Å². The Balaban J connectivity index is 2.88. The molecule has 0 aliphatic heterocycles. The SMILES string of the molecule is Cc1cc(F)ccc1S(=O)(=O)NCC(C)C(N)=NO. The van der Waals surface area contributed by atoms with Gasteiger partial charge in [0.05, 0.1) is 4.90 Å². The minimum Gasteiger partial charge on any atom is -0.409 e. The molecule has 1 unspecified atom stereocenters. The fourth-order valence-electron chi connectivity index (χ4n) is 1.43. The van der Waals surface area contributed by atoms with Gasteiger partial charge in [-0.05, 0) is 30.7 Å². The molecule has 19 heavy (non-hydrogen) atoms. The van der Waals surface area contributed by atoms with E-state index in [0.717, 1.165) is 12.1 Å². The molecule has 1 aromatic rings. The monoisotopic (exact) mass is 289 g/mol. The van der Waals surface area contributed by atoms with E-state index in [1.807, 2.05) is 0 Å². The van der Waals surface area contributed by atoms with Gasteiger partial charge in [-0.1, -0.05) is 12.1 Å². The third-order valence-corrected chi connectivity index (χ3v) is 4.21. The lowest BCUT2D eigenvalue weighted by atomic mass is 10.2. The zero-order chi connectivity index (χ0) is 14.6. The highest BCUT2D eigenvalue weighted by molar-refractivity contribution is 7.89. The Hall–Kier alpha value is -1.67. The molecule has 0 spiro atoms. The Kier molecular flexibility index (Phi) is 4.84. The number of nitrogens with two attached hydrogens (primary N) is 1. The summed E-state index contributed by atoms with van der Waals surface area (Å²) in [5.74, 6) is -1.03. The summed E-state index contributed by atoms with van der Waals surface area (Å²) in [6.45, 7) is 3.09. The molecule has 1 rings (SSSR count). The highest BCUT2D eigenvalue weighted by Crippen LogP contribution is 2.16. The van der Waals surface area contributed by atoms with E-state index in [9.17, 15) is 12.8 Å². The molecule has 0 saturated carbocycles. The van der Waals surface area contributed by atoms with E-state index < -0.39 is 21.8 Å². The molecule has 0 bridgehead atoms. The maximum absolute atomic E-state index is 12.9. The average molecular weight is 289 g/mol. The molecule has 106 valence electrons. The van der Waals surface area contributed by atoms with Crippen LogP contribution in [0.5, 0.6) is 0 Å². The number of nitrogens with zero attached hydrogens (tertiary/aromatic N) is 1. The number of hydrogen-bond donors (Lipinski definition) is 3. The lowest BCUT2D eigenvalue weighted by Crippen LogP contribution is -2.34. The molecule has 0 fully saturated rings. The van der Waals surface area contributed by atoms with E-state index in [1.165, 1.54) is 13.0 Å². The number of benzene rings is 1. The van der Waals surface area contributed by atoms with Gasteiger partial charge in [-0.25, -0.2) is 17.5 Å². The fourth-order valence-corrected chi connectivity index (χ4v) is 2.78. The van der Waals surface area contributed by atoms with Crippen LogP contribution in [0.1, 0.15) is 12.5 Å². The number of aryl methyl sites for hydroxylation is 1. The van der Waals surface area contributed by atoms with Crippen LogP contribution in [0.15, 0.2) is 28.3 Å². The first-order valence-corrected chi connectivity index (χ1v) is 6.99. The summed E-state index contributed by atoms with van der Waals surface area (Å²) in [6, 6.07) is 3.41. The molecule has 8 heteroatoms. The first-order valence-electron chi connectivity index (χ1n) is 5.51. The number of sulfonamides is 1. The Labute approximate surface area is 111 Å². The summed E-state index contributed by atoms with van der Waals surface area (Å²) in [5, 5.41) is 11.3. The van der Waals surface area contributed by atoms with Gasteiger partial charge in [-0.3, -0.25) is 0 Å². The first-order chi connectivity index (χ1) is 8.77. The third-order valence-electron chi connectivity index (χ3n) is 2.63. The number of oxime groups is 1. The zero-order valence-corrected chi connectivity index (χ0v) is 11.4. The van der Waals surface area contributed by atoms with Crippen molar-refractivity contribution in [3.8, 4) is 0 Å². The van der Waals surface area contributed by atoms with Crippen molar-refractivity contribution in [3.63, 3.8) is 0 Å². The van der Waals surface area contributed by atoms with Crippen LogP contribution in [0.3, 0.4) is 0 Å². The lowest BCUT2D eigenvalue weighted by molar-refractivity contribution is 0.314. The molecular weight excluding hydrogens is 273 g/mol. The number of halogens is 1. The molecule has 4 N–H and O–H groups in total. The van der Waals surface area contributed by atoms with Crippen molar-refractivity contribution in [2.24, 2.45) is 16.8 Å². The van der Waals surface area contributed by atoms with Crippen LogP contribution < -0.4 is 10.5 Å². The van der Waals surface area contributed by atoms with Crippen molar-refractivity contribution < 1.29 is 18.0 Å². The van der Waals surface area contributed by atoms with Gasteiger partial charge in [0.1, 0.15) is 11.7 Å². The lowest BCUT2D eigenvalue weighted by Gasteiger charge is -2.12. The molecule has 0 amide bonds. The molecule has 1 aromatic carbocycles. The van der Waals surface area contributed by atoms with Crippen molar-refractivity contribution in [1.82, 2.24) is 4.72 Å². The minimum atomic E-state index is -3.75. The van der Waals surface area contributed by atoms with Crippen LogP contribution in [-0.4, -0.2) is 26.0 Å². The zero-order valence-electron chi connectivity index (χ0n) is 10.6. The highest BCUT2D eigenvalue weighted by atomic mass is 32.2. The topological polar surface area (TPSA) is 105 Å². The normalized spacial score (nSPS) is 14.4. The smallest absolute Gasteiger partial charge is 0.240 e. The van der Waals surface area contributed by atoms with Gasteiger partial charge >= 0.3 is 0 Å². The highest BCUT2D eigenvalue weighted by Gasteiger charge is 2.19. The number of amidine groups is 1. The summed E-state index contributed by atoms with van der Waals surface area (Å²) in [4.78, 5) is 0.000564. The van der Waals surface area contributed by atoms with Gasteiger partial charge in [0.25, 0.3) is 0 Å². The Morgan fingerprint density at radius 2 is 2.21 bits per heavy atom. The largest absolute Gasteiger partial charge is 0.409 e. The predicted molar refractivity (Wildman–Crippen MR) is 68.9 cm³/mol. The average Bonchev–Trinajstić information content (AvgIpc) is 2.34. The van der Waals surface area contributed by atoms with E-state index in [-0.39, 0.29) is 17.3 Å². The van der Waals surface area contributed by atoms with Crippen LogP contribution in [-0.2, 0) is 10.0 Å². The second kappa shape index (κ2) is 5.98. The van der Waals surface area contributed by atoms with Crippen LogP contribution in [0.4, 0.5) is 4.39 Å². The summed E-state index contributed by atoms with van der Waals surface area (Å²) < 4.78 is 39.3. The van der Waals surface area contributed by atoms with Crippen molar-refractivity contribution in [2.45, 2.75) is 18.7 Å². The van der Waals surface area contributed by atoms with Crippen LogP contribution in [0, 0.1) is 18.7 Å². The van der Waals surface area contributed by atoms with E-state index >= 15 is 0 Å². The Bertz CT molecular complexity index is 587. The molecule has 0 saturated heterocycles. The van der Waals surface area contributed by atoms with Crippen molar-refractivity contribution in [1.29, 1.82) is 0 Å². The van der Waals surface area contributed by atoms with Gasteiger partial charge < -0.3 is 10.9 Å². The summed E-state index contributed by atoms with van der Waals surface area (Å²) in [7, 11) is -3.75. The quantitative estimate of drug-likeness (QED) is 0.322. The van der Waals surface area contributed by atoms with E-state index in [1.54, 1.807) is 6.92 Å². The van der Waals surface area contributed by atoms with Gasteiger partial charge in [0, 0.05) is 12.5 Å². The number of nitrogens with one attached hydrogen (secondary N) is 1. The molecule has 0 aliphatic carbocycles. The van der Waals surface area contributed by atoms with Gasteiger partial charge in [0.15, 0.2) is 0 Å². The van der Waals surface area contributed by atoms with E-state index in [0.29, 0.717) is 5.56 Å². The van der Waals surface area contributed by atoms with Gasteiger partial charge in [-0.15, -0.1) is 0 Å². The molecular formula is C11H16FN3O3S. The van der Waals surface area contributed by atoms with Crippen LogP contribution >= 0.6 is 0 Å². The second-order valence-corrected chi connectivity index (χ2v) is 5.92. The molecule has 1 atom stereocenters. The first kappa shape index (κ1) is 15.4. The summed E-state index contributed by atoms with van der Waals surface area (Å²) in [5.41, 5.74) is 5.66. The predicted octanol–water partition coefficient (Wildman–Crippen LogP) is 0.795. The standard InChI is InChI=1S/C11H16FN3O3S/c1-7-5-9(12)3-4-10(7)19(17,18)14-6-8(2)11(13)15-16/h3-5,8,14,16H,6H2,1-2H3,(H2,13,15). The fraction of sp³-hybridized carbons (Fsp3) is 0.364. The van der Waals surface area contributed by atoms with Gasteiger partial charge in [0.2, 0.25) is 10.0 Å². The summed E-state index contributed by atoms with van der Waals surface area (Å²) in [6.07, 6.45) is 0. The van der Waals surface area contributed by atoms with Crippen LogP contribution in [0.2, 0.25) is 0 Å². The molecule has 6 nitrogen and oxygen atoms in total. The Morgan fingerprint density at radius 3 is 2.74 bits per heavy atom. The Morgan fingerprint density at radius 1 is 1.58 bits per heavy atom. The van der Waals surface area contributed by atoms with E-state index in [2.05, 4.69) is 9.88 Å². The van der Waals surface area contributed by atoms with Crippen molar-refractivity contribution in [3.05, 3.63) is 29.6 Å². The molecule has 0 aromatic heterocycles. The van der Waals surface area contributed by atoms with Crippen molar-refractivity contribution in [2.75, 3.05) is 6.54 Å². The van der Waals surface area contributed by atoms with Crippen molar-refractivity contribution >= 4 is 15.9 Å². The van der Waals surface area contributed by atoms with Gasteiger partial charge in [-0.2, -0.15) is 0 Å². The second-order valence-electron chi connectivity index (χ2n) is 4.19. The maximum atomic E-state index is 12.9. The number of rotatable bonds is 5. The molecule has 0 radical (unpaired) electrons. The van der Waals surface area contributed by atoms with Crippen LogP contribution in [0.25, 0.3) is 0 Å². The third kappa shape index (κ3) is 3.90. The molecule has 0 aliphatic rings. The number of hydrogen-bond acceptors (Lipinski definition) is 4. The minimum absolute atomic E-state index is 0.000564. The maximum Gasteiger partial charge on any atom is 0.240 e. The summed E-state index contributed by atoms with van der Waals surface area (Å²) >= 11 is 0. The molecule has 0 heterocycles.